The van der Waals surface area contributed by atoms with Crippen molar-refractivity contribution in [2.45, 2.75) is 6.05 Å². The number of alkyl halides is 2. The smallest absolute Gasteiger partial charge is 0.364 e. The van der Waals surface area contributed by atoms with Gasteiger partial charge < -0.3 is 5.73 Å². The second-order valence-corrected chi connectivity index (χ2v) is 1.79. The van der Waals surface area contributed by atoms with E-state index in [4.69, 9.17) is 0 Å². The van der Waals surface area contributed by atoms with Crippen LogP contribution in [0.1, 0.15) is 0 Å². The summed E-state index contributed by atoms with van der Waals surface area (Å²) in [5, 5.41) is 9.45. The third-order valence-corrected chi connectivity index (χ3v) is 0.902. The van der Waals surface area contributed by atoms with Crippen LogP contribution in [0.15, 0.2) is 11.7 Å². The third-order valence-electron chi connectivity index (χ3n) is 0.902. The molecule has 0 radical (unpaired) electrons. The average molecular weight is 202 g/mol. The zero-order chi connectivity index (χ0) is 10.8. The van der Waals surface area contributed by atoms with E-state index >= 15 is 0 Å². The number of halogens is 4. The number of amides is 1. The standard InChI is InChI=1S/C4H2F4N2O3/c5-1(3(9)11)2(6)4(7,8)10(12)13/h(H2,9,11)/b2-1+. The first-order valence-corrected chi connectivity index (χ1v) is 2.59. The van der Waals surface area contributed by atoms with Crippen molar-refractivity contribution in [2.24, 2.45) is 5.73 Å². The number of nitrogens with two attached hydrogens (primary N) is 1. The Morgan fingerprint density at radius 1 is 1.38 bits per heavy atom. The minimum absolute atomic E-state index is 2.14. The highest BCUT2D eigenvalue weighted by atomic mass is 19.3. The Morgan fingerprint density at radius 2 is 1.77 bits per heavy atom. The Bertz CT molecular complexity index is 287. The van der Waals surface area contributed by atoms with Gasteiger partial charge in [0, 0.05) is 0 Å². The highest BCUT2D eigenvalue weighted by molar-refractivity contribution is 5.90. The van der Waals surface area contributed by atoms with Gasteiger partial charge in [0.1, 0.15) is 4.92 Å². The van der Waals surface area contributed by atoms with E-state index in [-0.39, 0.29) is 0 Å². The van der Waals surface area contributed by atoms with Crippen molar-refractivity contribution in [1.29, 1.82) is 0 Å². The number of hydrogen-bond donors (Lipinski definition) is 1. The monoisotopic (exact) mass is 202 g/mol. The first kappa shape index (κ1) is 11.3. The Hall–Kier alpha value is -1.67. The molecule has 1 amide bonds. The van der Waals surface area contributed by atoms with Gasteiger partial charge in [0.25, 0.3) is 11.7 Å². The van der Waals surface area contributed by atoms with E-state index in [2.05, 4.69) is 5.73 Å². The minimum atomic E-state index is -5.28. The third kappa shape index (κ3) is 2.13. The number of carbonyl (C=O) groups is 1. The maximum absolute atomic E-state index is 12.1. The van der Waals surface area contributed by atoms with Crippen molar-refractivity contribution in [3.05, 3.63) is 21.8 Å². The molecule has 13 heavy (non-hydrogen) atoms. The van der Waals surface area contributed by atoms with Crippen LogP contribution in [-0.4, -0.2) is 16.9 Å². The van der Waals surface area contributed by atoms with Crippen molar-refractivity contribution in [2.75, 3.05) is 0 Å². The molecule has 0 fully saturated rings. The van der Waals surface area contributed by atoms with Crippen LogP contribution in [0.3, 0.4) is 0 Å². The Balaban J connectivity index is 5.20. The molecule has 0 aliphatic carbocycles. The van der Waals surface area contributed by atoms with E-state index in [1.54, 1.807) is 0 Å². The summed E-state index contributed by atoms with van der Waals surface area (Å²) in [6, 6.07) is -5.28. The van der Waals surface area contributed by atoms with Gasteiger partial charge in [0.15, 0.2) is 0 Å². The second kappa shape index (κ2) is 3.37. The SMILES string of the molecule is NC(=O)/C(F)=C(\F)C(F)(F)[N+](=O)[O-]. The summed E-state index contributed by atoms with van der Waals surface area (Å²) >= 11 is 0. The van der Waals surface area contributed by atoms with Crippen LogP contribution < -0.4 is 5.73 Å². The molecule has 0 aliphatic heterocycles. The molecule has 2 N–H and O–H groups in total. The van der Waals surface area contributed by atoms with Gasteiger partial charge >= 0.3 is 6.05 Å². The molecule has 0 heterocycles. The molecule has 0 aromatic rings. The summed E-state index contributed by atoms with van der Waals surface area (Å²) in [6.45, 7) is 0. The van der Waals surface area contributed by atoms with Gasteiger partial charge in [-0.1, -0.05) is 0 Å². The summed E-state index contributed by atoms with van der Waals surface area (Å²) in [7, 11) is 0. The number of nitrogens with zero attached hydrogens (tertiary/aromatic N) is 1. The molecule has 5 nitrogen and oxygen atoms in total. The number of primary amides is 1. The molecule has 0 aromatic heterocycles. The summed E-state index contributed by atoms with van der Waals surface area (Å²) in [5.41, 5.74) is 4.07. The van der Waals surface area contributed by atoms with Gasteiger partial charge in [-0.15, -0.1) is 8.78 Å². The normalized spacial score (nSPS) is 13.5. The van der Waals surface area contributed by atoms with Crippen LogP contribution >= 0.6 is 0 Å². The molecule has 0 saturated carbocycles. The summed E-state index contributed by atoms with van der Waals surface area (Å²) in [6.07, 6.45) is 0. The predicted octanol–water partition coefficient (Wildman–Crippen LogP) is 0.492. The number of carbonyl (C=O) groups excluding carboxylic acids is 1. The molecule has 0 spiro atoms. The van der Waals surface area contributed by atoms with Crippen LogP contribution in [0.25, 0.3) is 0 Å². The zero-order valence-electron chi connectivity index (χ0n) is 5.76. The van der Waals surface area contributed by atoms with Crippen molar-refractivity contribution in [3.8, 4) is 0 Å². The fraction of sp³-hybridized carbons (Fsp3) is 0.250. The van der Waals surface area contributed by atoms with E-state index < -0.39 is 28.5 Å². The van der Waals surface area contributed by atoms with Crippen LogP contribution in [0.2, 0.25) is 0 Å². The van der Waals surface area contributed by atoms with E-state index in [0.717, 1.165) is 0 Å². The van der Waals surface area contributed by atoms with Gasteiger partial charge in [0.05, 0.1) is 0 Å². The molecule has 0 aromatic carbocycles. The lowest BCUT2D eigenvalue weighted by atomic mass is 10.4. The maximum atomic E-state index is 12.1. The molecule has 0 aliphatic rings. The van der Waals surface area contributed by atoms with Crippen LogP contribution in [0, 0.1) is 10.1 Å². The van der Waals surface area contributed by atoms with Crippen molar-refractivity contribution in [3.63, 3.8) is 0 Å². The van der Waals surface area contributed by atoms with Crippen LogP contribution in [-0.2, 0) is 4.79 Å². The van der Waals surface area contributed by atoms with Gasteiger partial charge in [-0.2, -0.15) is 8.78 Å². The number of nitro groups is 1. The van der Waals surface area contributed by atoms with Crippen LogP contribution in [0.5, 0.6) is 0 Å². The largest absolute Gasteiger partial charge is 0.569 e. The summed E-state index contributed by atoms with van der Waals surface area (Å²) < 4.78 is 48.1. The molecule has 0 bridgehead atoms. The summed E-state index contributed by atoms with van der Waals surface area (Å²) in [5.74, 6) is -7.91. The molecule has 74 valence electrons. The highest BCUT2D eigenvalue weighted by Crippen LogP contribution is 2.28. The Labute approximate surface area is 68.0 Å². The van der Waals surface area contributed by atoms with Gasteiger partial charge in [-0.25, -0.2) is 0 Å². The molecule has 0 atom stereocenters. The fourth-order valence-electron chi connectivity index (χ4n) is 0.320. The first-order valence-electron chi connectivity index (χ1n) is 2.59. The predicted molar refractivity (Wildman–Crippen MR) is 30.4 cm³/mol. The van der Waals surface area contributed by atoms with Crippen molar-refractivity contribution >= 4 is 5.91 Å². The van der Waals surface area contributed by atoms with Gasteiger partial charge in [0.2, 0.25) is 5.83 Å². The van der Waals surface area contributed by atoms with Crippen molar-refractivity contribution < 1.29 is 27.3 Å². The number of hydrogen-bond acceptors (Lipinski definition) is 3. The molecule has 9 heteroatoms. The molecule has 0 unspecified atom stereocenters. The molecule has 0 rings (SSSR count). The lowest BCUT2D eigenvalue weighted by Gasteiger charge is -2.03. The second-order valence-electron chi connectivity index (χ2n) is 1.79. The fourth-order valence-corrected chi connectivity index (χ4v) is 0.320. The van der Waals surface area contributed by atoms with Gasteiger partial charge in [-0.05, 0) is 0 Å². The molecular weight excluding hydrogens is 200 g/mol. The zero-order valence-corrected chi connectivity index (χ0v) is 5.76. The van der Waals surface area contributed by atoms with E-state index in [0.29, 0.717) is 0 Å². The minimum Gasteiger partial charge on any atom is -0.364 e. The molecular formula is C4H2F4N2O3. The summed E-state index contributed by atoms with van der Waals surface area (Å²) in [4.78, 5) is 16.9. The Kier molecular flexibility index (Phi) is 2.94. The topological polar surface area (TPSA) is 86.2 Å². The van der Waals surface area contributed by atoms with E-state index in [9.17, 15) is 32.5 Å². The quantitative estimate of drug-likeness (QED) is 0.237. The van der Waals surface area contributed by atoms with Crippen LogP contribution in [0.4, 0.5) is 17.6 Å². The average Bonchev–Trinajstić information content (AvgIpc) is 2.01. The van der Waals surface area contributed by atoms with E-state index in [1.807, 2.05) is 0 Å². The first-order chi connectivity index (χ1) is 5.71. The lowest BCUT2D eigenvalue weighted by molar-refractivity contribution is -0.633. The lowest BCUT2D eigenvalue weighted by Crippen LogP contribution is -2.30. The molecule has 0 saturated heterocycles. The Morgan fingerprint density at radius 3 is 2.00 bits per heavy atom. The van der Waals surface area contributed by atoms with Crippen molar-refractivity contribution in [1.82, 2.24) is 0 Å². The highest BCUT2D eigenvalue weighted by Gasteiger charge is 2.53. The van der Waals surface area contributed by atoms with Gasteiger partial charge in [-0.3, -0.25) is 14.9 Å². The maximum Gasteiger partial charge on any atom is 0.569 e. The van der Waals surface area contributed by atoms with E-state index in [1.165, 1.54) is 0 Å². The number of rotatable bonds is 3.